The van der Waals surface area contributed by atoms with Gasteiger partial charge in [0, 0.05) is 19.3 Å². The Kier molecular flexibility index (Phi) is 20.7. The molecule has 0 heterocycles. The highest BCUT2D eigenvalue weighted by molar-refractivity contribution is 4.86. The molecule has 0 amide bonds. The zero-order valence-electron chi connectivity index (χ0n) is 25.5. The van der Waals surface area contributed by atoms with Gasteiger partial charge in [0.2, 0.25) is 0 Å². The van der Waals surface area contributed by atoms with Crippen LogP contribution in [0, 0.1) is 0 Å². The highest BCUT2D eigenvalue weighted by Gasteiger charge is 2.49. The fraction of sp³-hybridized carbons (Fsp3) is 1.00. The molecule has 0 aliphatic heterocycles. The summed E-state index contributed by atoms with van der Waals surface area (Å²) < 4.78 is 1.48. The van der Waals surface area contributed by atoms with Crippen molar-refractivity contribution in [1.82, 2.24) is 0 Å². The highest BCUT2D eigenvalue weighted by Crippen LogP contribution is 2.44. The minimum absolute atomic E-state index is 0.621. The van der Waals surface area contributed by atoms with Crippen LogP contribution in [0.1, 0.15) is 195 Å². The number of hydrogen-bond donors (Lipinski definition) is 0. The summed E-state index contributed by atoms with van der Waals surface area (Å²) in [5.41, 5.74) is 0.621. The van der Waals surface area contributed by atoms with Gasteiger partial charge >= 0.3 is 0 Å². The summed E-state index contributed by atoms with van der Waals surface area (Å²) in [7, 11) is 0. The second-order valence-corrected chi connectivity index (χ2v) is 12.5. The molecule has 1 nitrogen and oxygen atoms in total. The summed E-state index contributed by atoms with van der Waals surface area (Å²) in [5, 5.41) is 0. The molecule has 0 atom stereocenters. The third-order valence-electron chi connectivity index (χ3n) is 9.53. The van der Waals surface area contributed by atoms with E-state index in [1.165, 1.54) is 191 Å². The molecular formula is C34H70N+. The van der Waals surface area contributed by atoms with Gasteiger partial charge in [0.1, 0.15) is 0 Å². The van der Waals surface area contributed by atoms with Crippen molar-refractivity contribution in [2.75, 3.05) is 19.6 Å². The van der Waals surface area contributed by atoms with Crippen LogP contribution in [0.5, 0.6) is 0 Å². The van der Waals surface area contributed by atoms with E-state index in [0.717, 1.165) is 0 Å². The molecular weight excluding hydrogens is 422 g/mol. The zero-order chi connectivity index (χ0) is 25.5. The molecule has 1 saturated carbocycles. The van der Waals surface area contributed by atoms with Gasteiger partial charge < -0.3 is 4.48 Å². The first-order valence-electron chi connectivity index (χ1n) is 17.1. The van der Waals surface area contributed by atoms with E-state index < -0.39 is 0 Å². The van der Waals surface area contributed by atoms with Crippen LogP contribution in [0.25, 0.3) is 0 Å². The standard InChI is InChI=1S/C34H70N/c1-5-9-11-12-13-14-15-16-17-18-19-20-21-22-23-27-33-35(31-7-3,32-8-4)34(28-10-6-2)29-25-24-26-30-34/h5-33H2,1-4H3/q+1. The molecule has 35 heavy (non-hydrogen) atoms. The quantitative estimate of drug-likeness (QED) is 0.0877. The highest BCUT2D eigenvalue weighted by atomic mass is 15.4. The van der Waals surface area contributed by atoms with E-state index in [4.69, 9.17) is 0 Å². The third-order valence-corrected chi connectivity index (χ3v) is 9.53. The van der Waals surface area contributed by atoms with E-state index in [-0.39, 0.29) is 0 Å². The Hall–Kier alpha value is -0.0400. The van der Waals surface area contributed by atoms with E-state index in [1.807, 2.05) is 0 Å². The maximum absolute atomic E-state index is 2.45. The fourth-order valence-electron chi connectivity index (χ4n) is 7.54. The van der Waals surface area contributed by atoms with Crippen LogP contribution in [0.4, 0.5) is 0 Å². The Bertz CT molecular complexity index is 430. The second kappa shape index (κ2) is 22.0. The topological polar surface area (TPSA) is 0 Å². The molecule has 0 aromatic heterocycles. The molecule has 1 aliphatic rings. The number of hydrogen-bond acceptors (Lipinski definition) is 0. The molecule has 0 spiro atoms. The van der Waals surface area contributed by atoms with Gasteiger partial charge in [-0.2, -0.15) is 0 Å². The first-order chi connectivity index (χ1) is 17.2. The Morgan fingerprint density at radius 2 is 0.800 bits per heavy atom. The molecule has 0 aromatic carbocycles. The first kappa shape index (κ1) is 33.0. The lowest BCUT2D eigenvalue weighted by atomic mass is 9.74. The van der Waals surface area contributed by atoms with Gasteiger partial charge in [-0.1, -0.05) is 130 Å². The summed E-state index contributed by atoms with van der Waals surface area (Å²) in [6.45, 7) is 14.0. The lowest BCUT2D eigenvalue weighted by molar-refractivity contribution is -0.979. The average Bonchev–Trinajstić information content (AvgIpc) is 2.88. The molecule has 1 fully saturated rings. The van der Waals surface area contributed by atoms with Crippen LogP contribution >= 0.6 is 0 Å². The van der Waals surface area contributed by atoms with Crippen molar-refractivity contribution in [2.24, 2.45) is 0 Å². The van der Waals surface area contributed by atoms with Gasteiger partial charge in [0.15, 0.2) is 0 Å². The monoisotopic (exact) mass is 493 g/mol. The molecule has 210 valence electrons. The van der Waals surface area contributed by atoms with E-state index in [1.54, 1.807) is 0 Å². The smallest absolute Gasteiger partial charge is 0.0992 e. The molecule has 1 rings (SSSR count). The summed E-state index contributed by atoms with van der Waals surface area (Å²) in [6.07, 6.45) is 38.2. The van der Waals surface area contributed by atoms with Crippen LogP contribution in [-0.2, 0) is 0 Å². The molecule has 0 aromatic rings. The van der Waals surface area contributed by atoms with Crippen LogP contribution in [0.15, 0.2) is 0 Å². The number of unbranched alkanes of at least 4 members (excludes halogenated alkanes) is 16. The van der Waals surface area contributed by atoms with Gasteiger partial charge in [0.25, 0.3) is 0 Å². The zero-order valence-corrected chi connectivity index (χ0v) is 25.5. The minimum atomic E-state index is 0.621. The van der Waals surface area contributed by atoms with Crippen molar-refractivity contribution < 1.29 is 4.48 Å². The van der Waals surface area contributed by atoms with Crippen molar-refractivity contribution in [3.63, 3.8) is 0 Å². The Morgan fingerprint density at radius 3 is 1.20 bits per heavy atom. The van der Waals surface area contributed by atoms with Crippen molar-refractivity contribution >= 4 is 0 Å². The summed E-state index contributed by atoms with van der Waals surface area (Å²) in [4.78, 5) is 0. The summed E-state index contributed by atoms with van der Waals surface area (Å²) in [5.74, 6) is 0. The van der Waals surface area contributed by atoms with E-state index in [0.29, 0.717) is 5.54 Å². The average molecular weight is 493 g/mol. The summed E-state index contributed by atoms with van der Waals surface area (Å²) in [6, 6.07) is 0. The first-order valence-corrected chi connectivity index (χ1v) is 17.1. The van der Waals surface area contributed by atoms with Gasteiger partial charge in [-0.25, -0.2) is 0 Å². The molecule has 0 unspecified atom stereocenters. The number of nitrogens with zero attached hydrogens (tertiary/aromatic N) is 1. The van der Waals surface area contributed by atoms with Crippen molar-refractivity contribution in [1.29, 1.82) is 0 Å². The summed E-state index contributed by atoms with van der Waals surface area (Å²) >= 11 is 0. The lowest BCUT2D eigenvalue weighted by Gasteiger charge is -2.56. The van der Waals surface area contributed by atoms with Gasteiger partial charge in [-0.3, -0.25) is 0 Å². The van der Waals surface area contributed by atoms with Crippen molar-refractivity contribution in [3.8, 4) is 0 Å². The third kappa shape index (κ3) is 13.4. The number of rotatable bonds is 25. The van der Waals surface area contributed by atoms with Crippen LogP contribution < -0.4 is 0 Å². The Labute approximate surface area is 224 Å². The fourth-order valence-corrected chi connectivity index (χ4v) is 7.54. The molecule has 0 N–H and O–H groups in total. The molecule has 0 bridgehead atoms. The predicted molar refractivity (Wildman–Crippen MR) is 160 cm³/mol. The predicted octanol–water partition coefficient (Wildman–Crippen LogP) is 11.8. The SMILES string of the molecule is CCCCCCCCCCCCCCCCCC[N+](CCC)(CCC)C1(CCCC)CCCCC1. The Morgan fingerprint density at radius 1 is 0.400 bits per heavy atom. The molecule has 0 radical (unpaired) electrons. The second-order valence-electron chi connectivity index (χ2n) is 12.5. The maximum Gasteiger partial charge on any atom is 0.0992 e. The van der Waals surface area contributed by atoms with Crippen LogP contribution in [-0.4, -0.2) is 29.7 Å². The van der Waals surface area contributed by atoms with Gasteiger partial charge in [-0.05, 0) is 44.9 Å². The molecule has 1 heteroatoms. The van der Waals surface area contributed by atoms with Gasteiger partial charge in [0.05, 0.1) is 25.2 Å². The normalized spacial score (nSPS) is 16.1. The largest absolute Gasteiger partial charge is 0.319 e. The minimum Gasteiger partial charge on any atom is -0.319 e. The van der Waals surface area contributed by atoms with Crippen molar-refractivity contribution in [2.45, 2.75) is 200 Å². The maximum atomic E-state index is 2.45. The number of quaternary nitrogens is 1. The van der Waals surface area contributed by atoms with Crippen LogP contribution in [0.3, 0.4) is 0 Å². The lowest BCUT2D eigenvalue weighted by Crippen LogP contribution is -2.66. The van der Waals surface area contributed by atoms with Crippen molar-refractivity contribution in [3.05, 3.63) is 0 Å². The Balaban J connectivity index is 2.26. The molecule has 1 aliphatic carbocycles. The molecule has 0 saturated heterocycles. The van der Waals surface area contributed by atoms with E-state index in [9.17, 15) is 0 Å². The van der Waals surface area contributed by atoms with E-state index >= 15 is 0 Å². The van der Waals surface area contributed by atoms with Crippen LogP contribution in [0.2, 0.25) is 0 Å². The van der Waals surface area contributed by atoms with E-state index in [2.05, 4.69) is 27.7 Å². The van der Waals surface area contributed by atoms with Gasteiger partial charge in [-0.15, -0.1) is 0 Å².